The molecule has 4 heteroatoms. The molecule has 1 aromatic carbocycles. The van der Waals surface area contributed by atoms with Crippen LogP contribution in [0.4, 0.5) is 4.39 Å². The summed E-state index contributed by atoms with van der Waals surface area (Å²) in [6.45, 7) is 0. The van der Waals surface area contributed by atoms with E-state index in [0.29, 0.717) is 10.1 Å². The molecule has 0 N–H and O–H groups in total. The Kier molecular flexibility index (Phi) is 1.42. The van der Waals surface area contributed by atoms with Crippen molar-refractivity contribution in [1.82, 2.24) is 5.16 Å². The van der Waals surface area contributed by atoms with Gasteiger partial charge in [-0.25, -0.2) is 4.39 Å². The van der Waals surface area contributed by atoms with Crippen LogP contribution in [0.25, 0.3) is 11.0 Å². The van der Waals surface area contributed by atoms with E-state index >= 15 is 0 Å². The standard InChI is InChI=1S/C7H3BrFNO/c8-6-5(9)2-1-4-3-10-11-7(4)6/h1-3H. The minimum Gasteiger partial charge on any atom is -0.355 e. The van der Waals surface area contributed by atoms with Crippen molar-refractivity contribution < 1.29 is 8.91 Å². The Bertz CT molecular complexity index is 398. The van der Waals surface area contributed by atoms with Crippen molar-refractivity contribution in [2.75, 3.05) is 0 Å². The quantitative estimate of drug-likeness (QED) is 0.676. The first-order valence-corrected chi connectivity index (χ1v) is 3.77. The molecule has 0 amide bonds. The van der Waals surface area contributed by atoms with Crippen molar-refractivity contribution in [2.45, 2.75) is 0 Å². The Morgan fingerprint density at radius 1 is 1.45 bits per heavy atom. The van der Waals surface area contributed by atoms with Gasteiger partial charge in [-0.05, 0) is 28.1 Å². The van der Waals surface area contributed by atoms with E-state index in [1.807, 2.05) is 0 Å². The van der Waals surface area contributed by atoms with Gasteiger partial charge in [0.2, 0.25) is 0 Å². The zero-order valence-electron chi connectivity index (χ0n) is 5.34. The Labute approximate surface area is 70.1 Å². The van der Waals surface area contributed by atoms with Gasteiger partial charge in [-0.2, -0.15) is 0 Å². The second-order valence-corrected chi connectivity index (χ2v) is 2.90. The smallest absolute Gasteiger partial charge is 0.183 e. The summed E-state index contributed by atoms with van der Waals surface area (Å²) in [5, 5.41) is 4.32. The van der Waals surface area contributed by atoms with Gasteiger partial charge in [0.05, 0.1) is 10.7 Å². The molecule has 0 aliphatic heterocycles. The fourth-order valence-electron chi connectivity index (χ4n) is 0.877. The summed E-state index contributed by atoms with van der Waals surface area (Å²) in [5.41, 5.74) is 0.449. The van der Waals surface area contributed by atoms with Gasteiger partial charge >= 0.3 is 0 Å². The molecule has 2 rings (SSSR count). The lowest BCUT2D eigenvalue weighted by molar-refractivity contribution is 0.453. The summed E-state index contributed by atoms with van der Waals surface area (Å²) in [6.07, 6.45) is 1.54. The molecule has 0 atom stereocenters. The summed E-state index contributed by atoms with van der Waals surface area (Å²) in [7, 11) is 0. The first kappa shape index (κ1) is 6.79. The maximum absolute atomic E-state index is 12.8. The number of aromatic nitrogens is 1. The van der Waals surface area contributed by atoms with E-state index in [1.165, 1.54) is 6.07 Å². The fourth-order valence-corrected chi connectivity index (χ4v) is 1.31. The molecular weight excluding hydrogens is 213 g/mol. The number of hydrogen-bond acceptors (Lipinski definition) is 2. The highest BCUT2D eigenvalue weighted by atomic mass is 79.9. The molecule has 1 heterocycles. The van der Waals surface area contributed by atoms with E-state index in [9.17, 15) is 4.39 Å². The van der Waals surface area contributed by atoms with Crippen LogP contribution in [0.5, 0.6) is 0 Å². The molecule has 0 aliphatic rings. The minimum absolute atomic E-state index is 0.326. The third kappa shape index (κ3) is 0.939. The lowest BCUT2D eigenvalue weighted by atomic mass is 10.3. The average Bonchev–Trinajstić information content (AvgIpc) is 2.45. The van der Waals surface area contributed by atoms with Crippen LogP contribution >= 0.6 is 15.9 Å². The van der Waals surface area contributed by atoms with E-state index in [2.05, 4.69) is 21.1 Å². The van der Waals surface area contributed by atoms with Crippen molar-refractivity contribution in [3.05, 3.63) is 28.6 Å². The number of nitrogens with zero attached hydrogens (tertiary/aromatic N) is 1. The normalized spacial score (nSPS) is 10.7. The molecule has 0 saturated heterocycles. The van der Waals surface area contributed by atoms with Crippen LogP contribution in [0.15, 0.2) is 27.3 Å². The predicted octanol–water partition coefficient (Wildman–Crippen LogP) is 2.73. The second kappa shape index (κ2) is 2.30. The number of hydrogen-bond donors (Lipinski definition) is 0. The monoisotopic (exact) mass is 215 g/mol. The third-order valence-corrected chi connectivity index (χ3v) is 2.16. The molecule has 1 aromatic heterocycles. The van der Waals surface area contributed by atoms with E-state index in [4.69, 9.17) is 4.52 Å². The van der Waals surface area contributed by atoms with Crippen LogP contribution in [0.3, 0.4) is 0 Å². The molecule has 11 heavy (non-hydrogen) atoms. The molecule has 0 saturated carbocycles. The van der Waals surface area contributed by atoms with Crippen LogP contribution in [-0.2, 0) is 0 Å². The average molecular weight is 216 g/mol. The molecule has 0 spiro atoms. The lowest BCUT2D eigenvalue weighted by Crippen LogP contribution is -1.75. The highest BCUT2D eigenvalue weighted by Crippen LogP contribution is 2.25. The Hall–Kier alpha value is -0.900. The Morgan fingerprint density at radius 2 is 2.27 bits per heavy atom. The van der Waals surface area contributed by atoms with E-state index < -0.39 is 0 Å². The van der Waals surface area contributed by atoms with Crippen molar-refractivity contribution in [3.8, 4) is 0 Å². The van der Waals surface area contributed by atoms with E-state index in [1.54, 1.807) is 12.3 Å². The highest BCUT2D eigenvalue weighted by Gasteiger charge is 2.07. The predicted molar refractivity (Wildman–Crippen MR) is 41.7 cm³/mol. The van der Waals surface area contributed by atoms with Crippen LogP contribution in [0.2, 0.25) is 0 Å². The van der Waals surface area contributed by atoms with Gasteiger partial charge in [-0.1, -0.05) is 5.16 Å². The van der Waals surface area contributed by atoms with Gasteiger partial charge in [0.25, 0.3) is 0 Å². The Balaban J connectivity index is 2.93. The van der Waals surface area contributed by atoms with Crippen molar-refractivity contribution in [3.63, 3.8) is 0 Å². The molecule has 0 bridgehead atoms. The van der Waals surface area contributed by atoms with E-state index in [0.717, 1.165) is 5.39 Å². The van der Waals surface area contributed by atoms with Crippen LogP contribution in [0.1, 0.15) is 0 Å². The van der Waals surface area contributed by atoms with Crippen LogP contribution < -0.4 is 0 Å². The maximum atomic E-state index is 12.8. The highest BCUT2D eigenvalue weighted by molar-refractivity contribution is 9.10. The molecule has 0 fully saturated rings. The molecular formula is C7H3BrFNO. The Morgan fingerprint density at radius 3 is 3.09 bits per heavy atom. The minimum atomic E-state index is -0.339. The van der Waals surface area contributed by atoms with Gasteiger partial charge < -0.3 is 4.52 Å². The van der Waals surface area contributed by atoms with Gasteiger partial charge in [0, 0.05) is 5.39 Å². The first-order chi connectivity index (χ1) is 5.29. The van der Waals surface area contributed by atoms with Crippen molar-refractivity contribution in [1.29, 1.82) is 0 Å². The molecule has 0 unspecified atom stereocenters. The van der Waals surface area contributed by atoms with Crippen LogP contribution in [0, 0.1) is 5.82 Å². The largest absolute Gasteiger partial charge is 0.355 e. The molecule has 2 nitrogen and oxygen atoms in total. The van der Waals surface area contributed by atoms with Crippen molar-refractivity contribution in [2.24, 2.45) is 0 Å². The van der Waals surface area contributed by atoms with Crippen LogP contribution in [-0.4, -0.2) is 5.16 Å². The van der Waals surface area contributed by atoms with Gasteiger partial charge in [0.15, 0.2) is 5.58 Å². The summed E-state index contributed by atoms with van der Waals surface area (Å²) >= 11 is 3.05. The number of rotatable bonds is 0. The summed E-state index contributed by atoms with van der Waals surface area (Å²) in [6, 6.07) is 2.98. The van der Waals surface area contributed by atoms with Crippen molar-refractivity contribution >= 4 is 26.9 Å². The summed E-state index contributed by atoms with van der Waals surface area (Å²) < 4.78 is 17.9. The van der Waals surface area contributed by atoms with E-state index in [-0.39, 0.29) is 5.82 Å². The molecule has 0 aliphatic carbocycles. The zero-order chi connectivity index (χ0) is 7.84. The maximum Gasteiger partial charge on any atom is 0.183 e. The topological polar surface area (TPSA) is 26.0 Å². The van der Waals surface area contributed by atoms with Gasteiger partial charge in [0.1, 0.15) is 5.82 Å². The number of benzene rings is 1. The third-order valence-electron chi connectivity index (χ3n) is 1.42. The number of fused-ring (bicyclic) bond motifs is 1. The fraction of sp³-hybridized carbons (Fsp3) is 0. The molecule has 2 aromatic rings. The van der Waals surface area contributed by atoms with Gasteiger partial charge in [-0.3, -0.25) is 0 Å². The summed E-state index contributed by atoms with van der Waals surface area (Å²) in [4.78, 5) is 0. The molecule has 56 valence electrons. The van der Waals surface area contributed by atoms with Gasteiger partial charge in [-0.15, -0.1) is 0 Å². The first-order valence-electron chi connectivity index (χ1n) is 2.97. The zero-order valence-corrected chi connectivity index (χ0v) is 6.93. The summed E-state index contributed by atoms with van der Waals surface area (Å²) in [5.74, 6) is -0.339. The molecule has 0 radical (unpaired) electrons. The SMILES string of the molecule is Fc1ccc2cnoc2c1Br. The second-order valence-electron chi connectivity index (χ2n) is 2.11. The lowest BCUT2D eigenvalue weighted by Gasteiger charge is -1.91. The number of halogens is 2.